The summed E-state index contributed by atoms with van der Waals surface area (Å²) < 4.78 is 18.2. The lowest BCUT2D eigenvalue weighted by atomic mass is 10.00. The number of hydrogen-bond acceptors (Lipinski definition) is 3. The number of likely N-dealkylation sites (N-methyl/N-ethyl adjacent to an activating group) is 1. The lowest BCUT2D eigenvalue weighted by Crippen LogP contribution is -2.36. The van der Waals surface area contributed by atoms with Crippen molar-refractivity contribution in [1.82, 2.24) is 5.01 Å². The molecule has 4 nitrogen and oxygen atoms in total. The Morgan fingerprint density at radius 3 is 2.62 bits per heavy atom. The number of nitrogens with two attached hydrogens (primary N) is 1. The number of halogens is 1. The number of carbonyl (C=O) groups is 1. The van der Waals surface area contributed by atoms with Gasteiger partial charge in [0.2, 0.25) is 5.91 Å². The second-order valence-corrected chi connectivity index (χ2v) is 3.56. The van der Waals surface area contributed by atoms with Gasteiger partial charge in [-0.15, -0.1) is 0 Å². The highest BCUT2D eigenvalue weighted by Crippen LogP contribution is 2.23. The molecular formula is C11H15FN2O2. The summed E-state index contributed by atoms with van der Waals surface area (Å²) in [6.45, 7) is 1.67. The third-order valence-electron chi connectivity index (χ3n) is 2.39. The Labute approximate surface area is 93.8 Å². The molecule has 1 rings (SSSR count). The lowest BCUT2D eigenvalue weighted by molar-refractivity contribution is -0.131. The van der Waals surface area contributed by atoms with Gasteiger partial charge >= 0.3 is 0 Å². The SMILES string of the molecule is COc1ccc(C(C)C(=O)N(C)N)cc1F. The molecular weight excluding hydrogens is 211 g/mol. The van der Waals surface area contributed by atoms with Crippen LogP contribution in [0.15, 0.2) is 18.2 Å². The molecule has 0 spiro atoms. The van der Waals surface area contributed by atoms with Crippen LogP contribution >= 0.6 is 0 Å². The fourth-order valence-electron chi connectivity index (χ4n) is 1.40. The molecule has 0 saturated heterocycles. The number of methoxy groups -OCH3 is 1. The van der Waals surface area contributed by atoms with Gasteiger partial charge in [-0.1, -0.05) is 6.07 Å². The number of hydrogen-bond donors (Lipinski definition) is 1. The quantitative estimate of drug-likeness (QED) is 0.479. The molecule has 0 aliphatic carbocycles. The van der Waals surface area contributed by atoms with Crippen LogP contribution in [0.25, 0.3) is 0 Å². The highest BCUT2D eigenvalue weighted by Gasteiger charge is 2.18. The van der Waals surface area contributed by atoms with E-state index < -0.39 is 11.7 Å². The molecule has 0 fully saturated rings. The van der Waals surface area contributed by atoms with E-state index in [2.05, 4.69) is 0 Å². The van der Waals surface area contributed by atoms with Crippen molar-refractivity contribution in [2.75, 3.05) is 14.2 Å². The zero-order chi connectivity index (χ0) is 12.3. The van der Waals surface area contributed by atoms with Gasteiger partial charge in [0, 0.05) is 7.05 Å². The van der Waals surface area contributed by atoms with Crippen LogP contribution in [0.1, 0.15) is 18.4 Å². The molecule has 2 N–H and O–H groups in total. The van der Waals surface area contributed by atoms with Crippen molar-refractivity contribution in [2.24, 2.45) is 5.84 Å². The molecule has 0 saturated carbocycles. The molecule has 0 bridgehead atoms. The summed E-state index contributed by atoms with van der Waals surface area (Å²) in [5.41, 5.74) is 0.570. The van der Waals surface area contributed by atoms with Crippen molar-refractivity contribution in [2.45, 2.75) is 12.8 Å². The number of rotatable bonds is 3. The molecule has 1 unspecified atom stereocenters. The van der Waals surface area contributed by atoms with Gasteiger partial charge in [-0.2, -0.15) is 0 Å². The summed E-state index contributed by atoms with van der Waals surface area (Å²) in [6, 6.07) is 4.42. The van der Waals surface area contributed by atoms with Gasteiger partial charge < -0.3 is 4.74 Å². The van der Waals surface area contributed by atoms with Gasteiger partial charge in [0.1, 0.15) is 0 Å². The van der Waals surface area contributed by atoms with E-state index in [0.717, 1.165) is 5.01 Å². The van der Waals surface area contributed by atoms with Crippen molar-refractivity contribution >= 4 is 5.91 Å². The maximum Gasteiger partial charge on any atom is 0.243 e. The van der Waals surface area contributed by atoms with Gasteiger partial charge in [0.05, 0.1) is 13.0 Å². The molecule has 0 radical (unpaired) electrons. The Bertz CT molecular complexity index is 394. The number of benzene rings is 1. The summed E-state index contributed by atoms with van der Waals surface area (Å²) in [5, 5.41) is 0.993. The summed E-state index contributed by atoms with van der Waals surface area (Å²) in [6.07, 6.45) is 0. The fraction of sp³-hybridized carbons (Fsp3) is 0.364. The zero-order valence-electron chi connectivity index (χ0n) is 9.53. The minimum absolute atomic E-state index is 0.157. The molecule has 16 heavy (non-hydrogen) atoms. The van der Waals surface area contributed by atoms with E-state index in [4.69, 9.17) is 10.6 Å². The third-order valence-corrected chi connectivity index (χ3v) is 2.39. The van der Waals surface area contributed by atoms with Crippen LogP contribution in [-0.4, -0.2) is 25.1 Å². The Balaban J connectivity index is 2.97. The van der Waals surface area contributed by atoms with Crippen LogP contribution in [-0.2, 0) is 4.79 Å². The van der Waals surface area contributed by atoms with E-state index in [0.29, 0.717) is 5.56 Å². The van der Waals surface area contributed by atoms with Gasteiger partial charge in [0.15, 0.2) is 11.6 Å². The summed E-state index contributed by atoms with van der Waals surface area (Å²) in [7, 11) is 2.85. The summed E-state index contributed by atoms with van der Waals surface area (Å²) in [4.78, 5) is 11.6. The standard InChI is InChI=1S/C11H15FN2O2/c1-7(11(15)14(2)13)8-4-5-10(16-3)9(12)6-8/h4-7H,13H2,1-3H3. The average molecular weight is 226 g/mol. The average Bonchev–Trinajstić information content (AvgIpc) is 2.26. The number of carbonyl (C=O) groups excluding carboxylic acids is 1. The topological polar surface area (TPSA) is 55.6 Å². The second kappa shape index (κ2) is 4.94. The Hall–Kier alpha value is -1.62. The van der Waals surface area contributed by atoms with Crippen LogP contribution in [0.2, 0.25) is 0 Å². The Morgan fingerprint density at radius 1 is 1.56 bits per heavy atom. The van der Waals surface area contributed by atoms with Gasteiger partial charge in [0.25, 0.3) is 0 Å². The number of hydrazine groups is 1. The van der Waals surface area contributed by atoms with E-state index in [1.54, 1.807) is 13.0 Å². The number of amides is 1. The maximum absolute atomic E-state index is 13.4. The molecule has 0 aromatic heterocycles. The molecule has 0 aliphatic rings. The van der Waals surface area contributed by atoms with Gasteiger partial charge in [-0.25, -0.2) is 10.2 Å². The molecule has 0 aliphatic heterocycles. The first-order chi connectivity index (χ1) is 7.47. The number of ether oxygens (including phenoxy) is 1. The Morgan fingerprint density at radius 2 is 2.19 bits per heavy atom. The monoisotopic (exact) mass is 226 g/mol. The first-order valence-electron chi connectivity index (χ1n) is 4.83. The predicted octanol–water partition coefficient (Wildman–Crippen LogP) is 1.27. The smallest absolute Gasteiger partial charge is 0.243 e. The Kier molecular flexibility index (Phi) is 3.84. The van der Waals surface area contributed by atoms with Crippen LogP contribution < -0.4 is 10.6 Å². The normalized spacial score (nSPS) is 12.1. The van der Waals surface area contributed by atoms with E-state index in [9.17, 15) is 9.18 Å². The van der Waals surface area contributed by atoms with Crippen molar-refractivity contribution in [1.29, 1.82) is 0 Å². The molecule has 5 heteroatoms. The molecule has 1 aromatic carbocycles. The summed E-state index contributed by atoms with van der Waals surface area (Å²) in [5.74, 6) is 4.25. The zero-order valence-corrected chi connectivity index (χ0v) is 9.53. The van der Waals surface area contributed by atoms with E-state index in [1.165, 1.54) is 26.3 Å². The third kappa shape index (κ3) is 2.49. The van der Waals surface area contributed by atoms with Crippen LogP contribution in [0.4, 0.5) is 4.39 Å². The molecule has 1 aromatic rings. The molecule has 1 atom stereocenters. The van der Waals surface area contributed by atoms with Crippen molar-refractivity contribution in [3.05, 3.63) is 29.6 Å². The van der Waals surface area contributed by atoms with Crippen LogP contribution in [0.3, 0.4) is 0 Å². The molecule has 88 valence electrons. The van der Waals surface area contributed by atoms with E-state index in [-0.39, 0.29) is 11.7 Å². The minimum atomic E-state index is -0.487. The van der Waals surface area contributed by atoms with Crippen molar-refractivity contribution in [3.63, 3.8) is 0 Å². The van der Waals surface area contributed by atoms with Crippen molar-refractivity contribution in [3.8, 4) is 5.75 Å². The molecule has 1 amide bonds. The maximum atomic E-state index is 13.4. The largest absolute Gasteiger partial charge is 0.494 e. The summed E-state index contributed by atoms with van der Waals surface area (Å²) >= 11 is 0. The first-order valence-corrected chi connectivity index (χ1v) is 4.83. The highest BCUT2D eigenvalue weighted by atomic mass is 19.1. The first kappa shape index (κ1) is 12.4. The van der Waals surface area contributed by atoms with Crippen molar-refractivity contribution < 1.29 is 13.9 Å². The highest BCUT2D eigenvalue weighted by molar-refractivity contribution is 5.82. The minimum Gasteiger partial charge on any atom is -0.494 e. The van der Waals surface area contributed by atoms with Gasteiger partial charge in [-0.3, -0.25) is 9.80 Å². The predicted molar refractivity (Wildman–Crippen MR) is 58.3 cm³/mol. The van der Waals surface area contributed by atoms with E-state index >= 15 is 0 Å². The molecule has 0 heterocycles. The second-order valence-electron chi connectivity index (χ2n) is 3.56. The lowest BCUT2D eigenvalue weighted by Gasteiger charge is -2.17. The fourth-order valence-corrected chi connectivity index (χ4v) is 1.40. The van der Waals surface area contributed by atoms with Crippen LogP contribution in [0.5, 0.6) is 5.75 Å². The van der Waals surface area contributed by atoms with Gasteiger partial charge in [-0.05, 0) is 24.6 Å². The number of nitrogens with zero attached hydrogens (tertiary/aromatic N) is 1. The van der Waals surface area contributed by atoms with E-state index in [1.807, 2.05) is 0 Å². The van der Waals surface area contributed by atoms with Crippen LogP contribution in [0, 0.1) is 5.82 Å².